The van der Waals surface area contributed by atoms with Crippen molar-refractivity contribution in [3.63, 3.8) is 0 Å². The average Bonchev–Trinajstić information content (AvgIpc) is 2.40. The van der Waals surface area contributed by atoms with Crippen LogP contribution in [-0.2, 0) is 6.54 Å². The molecule has 1 N–H and O–H groups in total. The minimum Gasteiger partial charge on any atom is -0.310 e. The van der Waals surface area contributed by atoms with Gasteiger partial charge in [0.2, 0.25) is 0 Å². The number of hydrogen-bond acceptors (Lipinski definition) is 1. The molecule has 0 aromatic heterocycles. The third-order valence-corrected chi connectivity index (χ3v) is 3.38. The lowest BCUT2D eigenvalue weighted by molar-refractivity contribution is 0.588. The highest BCUT2D eigenvalue weighted by molar-refractivity contribution is 5.69. The summed E-state index contributed by atoms with van der Waals surface area (Å²) in [6.45, 7) is 9.00. The molecule has 0 aliphatic carbocycles. The van der Waals surface area contributed by atoms with E-state index in [4.69, 9.17) is 0 Å². The van der Waals surface area contributed by atoms with E-state index in [1.165, 1.54) is 0 Å². The smallest absolute Gasteiger partial charge is 0.131 e. The Kier molecular flexibility index (Phi) is 4.56. The molecule has 1 nitrogen and oxygen atoms in total. The van der Waals surface area contributed by atoms with Crippen LogP contribution in [0, 0.1) is 19.7 Å². The zero-order chi connectivity index (χ0) is 14.7. The summed E-state index contributed by atoms with van der Waals surface area (Å²) in [6, 6.07) is 11.9. The van der Waals surface area contributed by atoms with Crippen LogP contribution in [0.5, 0.6) is 0 Å². The maximum Gasteiger partial charge on any atom is 0.131 e. The Morgan fingerprint density at radius 2 is 1.55 bits per heavy atom. The van der Waals surface area contributed by atoms with E-state index in [0.29, 0.717) is 11.6 Å². The molecule has 0 amide bonds. The van der Waals surface area contributed by atoms with Crippen molar-refractivity contribution in [2.45, 2.75) is 40.3 Å². The van der Waals surface area contributed by atoms with Gasteiger partial charge in [-0.2, -0.15) is 0 Å². The summed E-state index contributed by atoms with van der Waals surface area (Å²) in [6.07, 6.45) is 0. The fourth-order valence-electron chi connectivity index (χ4n) is 2.25. The zero-order valence-electron chi connectivity index (χ0n) is 12.6. The molecule has 106 valence electrons. The van der Waals surface area contributed by atoms with Crippen molar-refractivity contribution >= 4 is 0 Å². The molecule has 0 radical (unpaired) electrons. The predicted molar refractivity (Wildman–Crippen MR) is 83.3 cm³/mol. The standard InChI is InChI=1S/C18H22FN/c1-12(2)20-11-15-7-5-13(3)9-16(15)17-10-14(4)6-8-18(17)19/h5-10,12,20H,11H2,1-4H3. The molecular formula is C18H22FN. The lowest BCUT2D eigenvalue weighted by atomic mass is 9.96. The lowest BCUT2D eigenvalue weighted by Gasteiger charge is -2.15. The van der Waals surface area contributed by atoms with E-state index in [0.717, 1.165) is 28.8 Å². The first kappa shape index (κ1) is 14.7. The van der Waals surface area contributed by atoms with Crippen molar-refractivity contribution in [3.8, 4) is 11.1 Å². The fraction of sp³-hybridized carbons (Fsp3) is 0.333. The average molecular weight is 271 g/mol. The molecule has 20 heavy (non-hydrogen) atoms. The zero-order valence-corrected chi connectivity index (χ0v) is 12.6. The second-order valence-corrected chi connectivity index (χ2v) is 5.68. The Bertz CT molecular complexity index is 602. The molecule has 0 unspecified atom stereocenters. The second kappa shape index (κ2) is 6.19. The van der Waals surface area contributed by atoms with Gasteiger partial charge in [0.25, 0.3) is 0 Å². The van der Waals surface area contributed by atoms with E-state index in [9.17, 15) is 4.39 Å². The first-order chi connectivity index (χ1) is 9.47. The van der Waals surface area contributed by atoms with Gasteiger partial charge >= 0.3 is 0 Å². The Morgan fingerprint density at radius 3 is 2.20 bits per heavy atom. The van der Waals surface area contributed by atoms with Crippen LogP contribution >= 0.6 is 0 Å². The number of hydrogen-bond donors (Lipinski definition) is 1. The monoisotopic (exact) mass is 271 g/mol. The summed E-state index contributed by atoms with van der Waals surface area (Å²) in [5.41, 5.74) is 5.03. The van der Waals surface area contributed by atoms with Crippen LogP contribution in [-0.4, -0.2) is 6.04 Å². The molecule has 0 bridgehead atoms. The van der Waals surface area contributed by atoms with Gasteiger partial charge in [-0.25, -0.2) is 4.39 Å². The highest BCUT2D eigenvalue weighted by Crippen LogP contribution is 2.28. The summed E-state index contributed by atoms with van der Waals surface area (Å²) in [7, 11) is 0. The van der Waals surface area contributed by atoms with Crippen molar-refractivity contribution < 1.29 is 4.39 Å². The Morgan fingerprint density at radius 1 is 0.950 bits per heavy atom. The first-order valence-corrected chi connectivity index (χ1v) is 7.07. The van der Waals surface area contributed by atoms with Crippen LogP contribution in [0.1, 0.15) is 30.5 Å². The van der Waals surface area contributed by atoms with Crippen molar-refractivity contribution in [1.29, 1.82) is 0 Å². The highest BCUT2D eigenvalue weighted by atomic mass is 19.1. The van der Waals surface area contributed by atoms with Gasteiger partial charge < -0.3 is 5.32 Å². The molecule has 0 aliphatic heterocycles. The van der Waals surface area contributed by atoms with E-state index in [1.807, 2.05) is 19.9 Å². The van der Waals surface area contributed by atoms with E-state index in [-0.39, 0.29) is 5.82 Å². The van der Waals surface area contributed by atoms with Gasteiger partial charge in [-0.1, -0.05) is 49.2 Å². The van der Waals surface area contributed by atoms with Crippen LogP contribution in [0.15, 0.2) is 36.4 Å². The molecule has 2 aromatic carbocycles. The van der Waals surface area contributed by atoms with Gasteiger partial charge in [-0.15, -0.1) is 0 Å². The Hall–Kier alpha value is -1.67. The molecule has 0 saturated heterocycles. The van der Waals surface area contributed by atoms with Crippen molar-refractivity contribution in [3.05, 3.63) is 58.9 Å². The fourth-order valence-corrected chi connectivity index (χ4v) is 2.25. The molecule has 0 saturated carbocycles. The van der Waals surface area contributed by atoms with Gasteiger partial charge in [0.15, 0.2) is 0 Å². The molecule has 0 spiro atoms. The van der Waals surface area contributed by atoms with Crippen LogP contribution in [0.4, 0.5) is 4.39 Å². The first-order valence-electron chi connectivity index (χ1n) is 7.07. The molecule has 0 atom stereocenters. The van der Waals surface area contributed by atoms with Crippen molar-refractivity contribution in [2.75, 3.05) is 0 Å². The molecule has 0 heterocycles. The van der Waals surface area contributed by atoms with Crippen LogP contribution in [0.3, 0.4) is 0 Å². The molecule has 2 aromatic rings. The van der Waals surface area contributed by atoms with Gasteiger partial charge in [0.05, 0.1) is 0 Å². The van der Waals surface area contributed by atoms with E-state index < -0.39 is 0 Å². The SMILES string of the molecule is Cc1ccc(F)c(-c2cc(C)ccc2CNC(C)C)c1. The quantitative estimate of drug-likeness (QED) is 0.856. The van der Waals surface area contributed by atoms with E-state index >= 15 is 0 Å². The molecular weight excluding hydrogens is 249 g/mol. The minimum atomic E-state index is -0.160. The largest absolute Gasteiger partial charge is 0.310 e. The second-order valence-electron chi connectivity index (χ2n) is 5.68. The summed E-state index contributed by atoms with van der Waals surface area (Å²) < 4.78 is 14.1. The molecule has 0 aliphatic rings. The van der Waals surface area contributed by atoms with E-state index in [2.05, 4.69) is 37.4 Å². The molecule has 0 fully saturated rings. The maximum absolute atomic E-state index is 14.1. The summed E-state index contributed by atoms with van der Waals surface area (Å²) in [5, 5.41) is 3.40. The van der Waals surface area contributed by atoms with Crippen LogP contribution in [0.25, 0.3) is 11.1 Å². The summed E-state index contributed by atoms with van der Waals surface area (Å²) in [4.78, 5) is 0. The van der Waals surface area contributed by atoms with Crippen LogP contribution < -0.4 is 5.32 Å². The lowest BCUT2D eigenvalue weighted by Crippen LogP contribution is -2.22. The van der Waals surface area contributed by atoms with Crippen LogP contribution in [0.2, 0.25) is 0 Å². The number of nitrogens with one attached hydrogen (secondary N) is 1. The topological polar surface area (TPSA) is 12.0 Å². The summed E-state index contributed by atoms with van der Waals surface area (Å²) in [5.74, 6) is -0.160. The summed E-state index contributed by atoms with van der Waals surface area (Å²) >= 11 is 0. The third kappa shape index (κ3) is 3.45. The van der Waals surface area contributed by atoms with Crippen molar-refractivity contribution in [2.24, 2.45) is 0 Å². The Balaban J connectivity index is 2.48. The van der Waals surface area contributed by atoms with Gasteiger partial charge in [0, 0.05) is 18.2 Å². The number of halogens is 1. The molecule has 2 heteroatoms. The molecule has 2 rings (SSSR count). The number of aryl methyl sites for hydroxylation is 2. The predicted octanol–water partition coefficient (Wildman–Crippen LogP) is 4.61. The van der Waals surface area contributed by atoms with Gasteiger partial charge in [-0.05, 0) is 37.1 Å². The normalized spacial score (nSPS) is 11.1. The highest BCUT2D eigenvalue weighted by Gasteiger charge is 2.11. The number of benzene rings is 2. The Labute approximate surface area is 120 Å². The third-order valence-electron chi connectivity index (χ3n) is 3.38. The number of rotatable bonds is 4. The maximum atomic E-state index is 14.1. The van der Waals surface area contributed by atoms with E-state index in [1.54, 1.807) is 12.1 Å². The van der Waals surface area contributed by atoms with Gasteiger partial charge in [0.1, 0.15) is 5.82 Å². The minimum absolute atomic E-state index is 0.160. The van der Waals surface area contributed by atoms with Crippen molar-refractivity contribution in [1.82, 2.24) is 5.32 Å². The van der Waals surface area contributed by atoms with Gasteiger partial charge in [-0.3, -0.25) is 0 Å².